The number of rotatable bonds is 7. The van der Waals surface area contributed by atoms with Crippen LogP contribution in [0.5, 0.6) is 0 Å². The van der Waals surface area contributed by atoms with Crippen LogP contribution in [-0.4, -0.2) is 64.0 Å². The van der Waals surface area contributed by atoms with Crippen molar-refractivity contribution in [3.8, 4) is 0 Å². The van der Waals surface area contributed by atoms with Crippen LogP contribution < -0.4 is 5.32 Å². The molecule has 8 nitrogen and oxygen atoms in total. The molecule has 0 radical (unpaired) electrons. The first-order chi connectivity index (χ1) is 12.8. The first-order valence-electron chi connectivity index (χ1n) is 9.27. The molecule has 2 unspecified atom stereocenters. The monoisotopic (exact) mass is 376 g/mol. The lowest BCUT2D eigenvalue weighted by Crippen LogP contribution is -2.73. The van der Waals surface area contributed by atoms with Crippen molar-refractivity contribution in [2.45, 2.75) is 52.2 Å². The zero-order chi connectivity index (χ0) is 20.0. The van der Waals surface area contributed by atoms with Gasteiger partial charge in [0, 0.05) is 25.9 Å². The molecule has 27 heavy (non-hydrogen) atoms. The molecule has 2 heterocycles. The highest BCUT2D eigenvalue weighted by Gasteiger charge is 2.54. The number of carbonyl (C=O) groups excluding carboxylic acids is 3. The highest BCUT2D eigenvalue weighted by molar-refractivity contribution is 5.96. The number of ether oxygens (including phenoxy) is 1. The number of amides is 2. The predicted octanol–water partition coefficient (Wildman–Crippen LogP) is 1.63. The summed E-state index contributed by atoms with van der Waals surface area (Å²) >= 11 is 0. The van der Waals surface area contributed by atoms with Crippen molar-refractivity contribution >= 4 is 23.5 Å². The van der Waals surface area contributed by atoms with E-state index in [9.17, 15) is 14.4 Å². The Morgan fingerprint density at radius 1 is 1.41 bits per heavy atom. The molecule has 0 spiro atoms. The van der Waals surface area contributed by atoms with Crippen LogP contribution in [0.4, 0.5) is 5.69 Å². The summed E-state index contributed by atoms with van der Waals surface area (Å²) in [5, 5.41) is 3.05. The summed E-state index contributed by atoms with van der Waals surface area (Å²) in [6.07, 6.45) is 3.81. The zero-order valence-corrected chi connectivity index (χ0v) is 16.4. The van der Waals surface area contributed by atoms with E-state index in [4.69, 9.17) is 4.74 Å². The van der Waals surface area contributed by atoms with E-state index in [-0.39, 0.29) is 25.0 Å². The van der Waals surface area contributed by atoms with Crippen LogP contribution in [-0.2, 0) is 19.1 Å². The maximum Gasteiger partial charge on any atom is 0.333 e. The van der Waals surface area contributed by atoms with E-state index in [1.807, 2.05) is 13.8 Å². The Kier molecular flexibility index (Phi) is 6.76. The Morgan fingerprint density at radius 2 is 2.15 bits per heavy atom. The molecule has 2 atom stereocenters. The second-order valence-electron chi connectivity index (χ2n) is 6.79. The van der Waals surface area contributed by atoms with Crippen LogP contribution >= 0.6 is 0 Å². The van der Waals surface area contributed by atoms with E-state index in [2.05, 4.69) is 10.3 Å². The van der Waals surface area contributed by atoms with Gasteiger partial charge in [-0.1, -0.05) is 13.3 Å². The number of unbranched alkanes of at least 4 members (excludes halogenated alkanes) is 1. The molecule has 0 bridgehead atoms. The lowest BCUT2D eigenvalue weighted by Gasteiger charge is -2.50. The minimum absolute atomic E-state index is 0.0953. The fourth-order valence-corrected chi connectivity index (χ4v) is 3.25. The lowest BCUT2D eigenvalue weighted by atomic mass is 9.94. The average molecular weight is 376 g/mol. The third kappa shape index (κ3) is 4.37. The fourth-order valence-electron chi connectivity index (χ4n) is 3.25. The molecule has 2 amide bonds. The molecule has 1 N–H and O–H groups in total. The number of piperazine rings is 1. The molecule has 0 aliphatic carbocycles. The van der Waals surface area contributed by atoms with Gasteiger partial charge in [0.2, 0.25) is 5.91 Å². The van der Waals surface area contributed by atoms with E-state index in [0.717, 1.165) is 12.8 Å². The van der Waals surface area contributed by atoms with Gasteiger partial charge < -0.3 is 15.0 Å². The number of esters is 1. The molecule has 148 valence electrons. The van der Waals surface area contributed by atoms with Crippen molar-refractivity contribution in [2.75, 3.05) is 25.0 Å². The highest BCUT2D eigenvalue weighted by Crippen LogP contribution is 2.29. The van der Waals surface area contributed by atoms with E-state index in [0.29, 0.717) is 12.2 Å². The van der Waals surface area contributed by atoms with Crippen LogP contribution in [0, 0.1) is 0 Å². The van der Waals surface area contributed by atoms with E-state index >= 15 is 0 Å². The molecule has 8 heteroatoms. The number of carbonyl (C=O) groups is 3. The third-order valence-corrected chi connectivity index (χ3v) is 4.69. The second-order valence-corrected chi connectivity index (χ2v) is 6.79. The van der Waals surface area contributed by atoms with Crippen LogP contribution in [0.25, 0.3) is 0 Å². The summed E-state index contributed by atoms with van der Waals surface area (Å²) in [5.41, 5.74) is -0.689. The van der Waals surface area contributed by atoms with Gasteiger partial charge in [0.15, 0.2) is 11.7 Å². The summed E-state index contributed by atoms with van der Waals surface area (Å²) in [6.45, 7) is 7.65. The maximum atomic E-state index is 12.9. The lowest BCUT2D eigenvalue weighted by molar-refractivity contribution is -0.176. The van der Waals surface area contributed by atoms with Gasteiger partial charge in [-0.3, -0.25) is 19.5 Å². The standard InChI is InChI=1S/C19H28N4O4/c1-5-7-11-27-18(26)19(4)13-22(6-2)17(25)16(23(19)14(3)24)21-15-9-8-10-20-12-15/h8-10,12,16,21H,5-7,11,13H2,1-4H3. The van der Waals surface area contributed by atoms with E-state index < -0.39 is 17.7 Å². The molecule has 1 aliphatic rings. The Labute approximate surface area is 159 Å². The molecule has 1 saturated heterocycles. The van der Waals surface area contributed by atoms with E-state index in [1.165, 1.54) is 11.8 Å². The summed E-state index contributed by atoms with van der Waals surface area (Å²) < 4.78 is 5.42. The van der Waals surface area contributed by atoms with Crippen LogP contribution in [0.15, 0.2) is 24.5 Å². The largest absolute Gasteiger partial charge is 0.464 e. The predicted molar refractivity (Wildman–Crippen MR) is 101 cm³/mol. The van der Waals surface area contributed by atoms with Gasteiger partial charge in [0.25, 0.3) is 5.91 Å². The maximum absolute atomic E-state index is 12.9. The van der Waals surface area contributed by atoms with Crippen molar-refractivity contribution in [1.82, 2.24) is 14.8 Å². The smallest absolute Gasteiger partial charge is 0.333 e. The van der Waals surface area contributed by atoms with Gasteiger partial charge in [0.1, 0.15) is 0 Å². The van der Waals surface area contributed by atoms with Gasteiger partial charge >= 0.3 is 5.97 Å². The number of likely N-dealkylation sites (N-methyl/N-ethyl adjacent to an activating group) is 1. The number of hydrogen-bond acceptors (Lipinski definition) is 6. The number of nitrogens with one attached hydrogen (secondary N) is 1. The number of hydrogen-bond donors (Lipinski definition) is 1. The zero-order valence-electron chi connectivity index (χ0n) is 16.4. The minimum atomic E-state index is -1.27. The summed E-state index contributed by atoms with van der Waals surface area (Å²) in [7, 11) is 0. The highest BCUT2D eigenvalue weighted by atomic mass is 16.5. The molecular weight excluding hydrogens is 348 g/mol. The van der Waals surface area contributed by atoms with E-state index in [1.54, 1.807) is 36.4 Å². The van der Waals surface area contributed by atoms with Gasteiger partial charge in [-0.05, 0) is 32.4 Å². The van der Waals surface area contributed by atoms with Gasteiger partial charge in [0.05, 0.1) is 18.8 Å². The topological polar surface area (TPSA) is 91.8 Å². The van der Waals surface area contributed by atoms with Gasteiger partial charge in [-0.2, -0.15) is 0 Å². The first-order valence-corrected chi connectivity index (χ1v) is 9.27. The van der Waals surface area contributed by atoms with Crippen LogP contribution in [0.3, 0.4) is 0 Å². The van der Waals surface area contributed by atoms with Crippen LogP contribution in [0.2, 0.25) is 0 Å². The number of aromatic nitrogens is 1. The second kappa shape index (κ2) is 8.83. The van der Waals surface area contributed by atoms with Crippen molar-refractivity contribution in [3.63, 3.8) is 0 Å². The average Bonchev–Trinajstić information content (AvgIpc) is 2.65. The summed E-state index contributed by atoms with van der Waals surface area (Å²) in [5.74, 6) is -1.15. The van der Waals surface area contributed by atoms with Gasteiger partial charge in [-0.15, -0.1) is 0 Å². The Hall–Kier alpha value is -2.64. The minimum Gasteiger partial charge on any atom is -0.464 e. The molecule has 0 saturated carbocycles. The molecule has 2 rings (SSSR count). The molecular formula is C19H28N4O4. The quantitative estimate of drug-likeness (QED) is 0.574. The first kappa shape index (κ1) is 20.7. The van der Waals surface area contributed by atoms with Crippen molar-refractivity contribution in [3.05, 3.63) is 24.5 Å². The third-order valence-electron chi connectivity index (χ3n) is 4.69. The van der Waals surface area contributed by atoms with Gasteiger partial charge in [-0.25, -0.2) is 4.79 Å². The molecule has 1 fully saturated rings. The Bertz CT molecular complexity index is 682. The van der Waals surface area contributed by atoms with Crippen molar-refractivity contribution in [2.24, 2.45) is 0 Å². The number of anilines is 1. The summed E-state index contributed by atoms with van der Waals surface area (Å²) in [4.78, 5) is 45.2. The number of pyridine rings is 1. The molecule has 1 aromatic rings. The summed E-state index contributed by atoms with van der Waals surface area (Å²) in [6, 6.07) is 3.48. The Morgan fingerprint density at radius 3 is 2.70 bits per heavy atom. The molecule has 0 aromatic carbocycles. The fraction of sp³-hybridized carbons (Fsp3) is 0.579. The molecule has 1 aliphatic heterocycles. The Balaban J connectivity index is 2.38. The normalized spacial score (nSPS) is 22.5. The molecule has 1 aromatic heterocycles. The number of nitrogens with zero attached hydrogens (tertiary/aromatic N) is 3. The SMILES string of the molecule is CCCCOC(=O)C1(C)CN(CC)C(=O)C(Nc2cccnc2)N1C(C)=O. The van der Waals surface area contributed by atoms with Crippen molar-refractivity contribution in [1.29, 1.82) is 0 Å². The van der Waals surface area contributed by atoms with Crippen LogP contribution in [0.1, 0.15) is 40.5 Å². The van der Waals surface area contributed by atoms with Crippen molar-refractivity contribution < 1.29 is 19.1 Å².